The van der Waals surface area contributed by atoms with Gasteiger partial charge in [0.25, 0.3) is 0 Å². The number of carbonyl (C=O) groups excluding carboxylic acids is 1. The van der Waals surface area contributed by atoms with Gasteiger partial charge in [0.05, 0.1) is 6.54 Å². The molecule has 2 N–H and O–H groups in total. The van der Waals surface area contributed by atoms with Crippen molar-refractivity contribution in [2.45, 2.75) is 31.8 Å². The van der Waals surface area contributed by atoms with E-state index < -0.39 is 0 Å². The van der Waals surface area contributed by atoms with Crippen LogP contribution in [0.3, 0.4) is 0 Å². The van der Waals surface area contributed by atoms with Crippen molar-refractivity contribution in [2.75, 3.05) is 6.54 Å². The molecule has 1 saturated carbocycles. The molecular weight excluding hydrogens is 202 g/mol. The minimum atomic E-state index is 0.0817. The fourth-order valence-corrected chi connectivity index (χ4v) is 1.50. The van der Waals surface area contributed by atoms with Crippen molar-refractivity contribution in [3.05, 3.63) is 30.1 Å². The Balaban J connectivity index is 1.74. The molecule has 1 fully saturated rings. The molecule has 0 unspecified atom stereocenters. The highest BCUT2D eigenvalue weighted by Crippen LogP contribution is 2.18. The summed E-state index contributed by atoms with van der Waals surface area (Å²) in [5.41, 5.74) is 1.10. The van der Waals surface area contributed by atoms with Crippen LogP contribution < -0.4 is 10.6 Å². The zero-order valence-corrected chi connectivity index (χ0v) is 9.44. The summed E-state index contributed by atoms with van der Waals surface area (Å²) in [6.07, 6.45) is 5.82. The Hall–Kier alpha value is -1.42. The molecule has 0 spiro atoms. The molecule has 1 atom stereocenters. The van der Waals surface area contributed by atoms with Crippen LogP contribution in [0.1, 0.15) is 31.4 Å². The van der Waals surface area contributed by atoms with Gasteiger partial charge in [0.15, 0.2) is 0 Å². The van der Waals surface area contributed by atoms with Crippen LogP contribution in [0.5, 0.6) is 0 Å². The Morgan fingerprint density at radius 1 is 1.62 bits per heavy atom. The molecule has 1 aromatic rings. The van der Waals surface area contributed by atoms with Gasteiger partial charge in [0.2, 0.25) is 5.91 Å². The van der Waals surface area contributed by atoms with Gasteiger partial charge in [-0.2, -0.15) is 0 Å². The number of pyridine rings is 1. The van der Waals surface area contributed by atoms with Gasteiger partial charge in [0, 0.05) is 24.5 Å². The van der Waals surface area contributed by atoms with E-state index in [1.54, 1.807) is 6.20 Å². The van der Waals surface area contributed by atoms with Crippen molar-refractivity contribution in [3.8, 4) is 0 Å². The molecule has 86 valence electrons. The Kier molecular flexibility index (Phi) is 3.51. The number of hydrogen-bond acceptors (Lipinski definition) is 3. The van der Waals surface area contributed by atoms with Crippen LogP contribution in [0.2, 0.25) is 0 Å². The third kappa shape index (κ3) is 3.31. The molecule has 1 aromatic heterocycles. The number of hydrogen-bond donors (Lipinski definition) is 2. The van der Waals surface area contributed by atoms with Crippen molar-refractivity contribution >= 4 is 5.91 Å². The van der Waals surface area contributed by atoms with E-state index in [-0.39, 0.29) is 11.9 Å². The molecule has 0 aliphatic heterocycles. The molecule has 1 aliphatic carbocycles. The van der Waals surface area contributed by atoms with Crippen LogP contribution in [0.25, 0.3) is 0 Å². The zero-order chi connectivity index (χ0) is 11.4. The molecule has 0 aromatic carbocycles. The van der Waals surface area contributed by atoms with E-state index in [0.29, 0.717) is 12.6 Å². The van der Waals surface area contributed by atoms with Gasteiger partial charge < -0.3 is 10.6 Å². The quantitative estimate of drug-likeness (QED) is 0.777. The lowest BCUT2D eigenvalue weighted by Crippen LogP contribution is -2.36. The van der Waals surface area contributed by atoms with Crippen molar-refractivity contribution in [1.82, 2.24) is 15.6 Å². The van der Waals surface area contributed by atoms with E-state index in [1.807, 2.05) is 25.3 Å². The highest BCUT2D eigenvalue weighted by Gasteiger charge is 2.23. The third-order valence-corrected chi connectivity index (χ3v) is 2.70. The van der Waals surface area contributed by atoms with E-state index in [4.69, 9.17) is 0 Å². The van der Waals surface area contributed by atoms with Gasteiger partial charge in [0.1, 0.15) is 0 Å². The molecular formula is C12H17N3O. The molecule has 0 bridgehead atoms. The lowest BCUT2D eigenvalue weighted by Gasteiger charge is -2.13. The van der Waals surface area contributed by atoms with Gasteiger partial charge in [-0.1, -0.05) is 6.07 Å². The standard InChI is InChI=1S/C12H17N3O/c1-9(10-3-2-6-13-7-10)14-8-12(16)15-11-4-5-11/h2-3,6-7,9,11,14H,4-5,8H2,1H3,(H,15,16)/t9-/m1/s1. The van der Waals surface area contributed by atoms with E-state index in [9.17, 15) is 4.79 Å². The second kappa shape index (κ2) is 5.07. The number of aromatic nitrogens is 1. The highest BCUT2D eigenvalue weighted by molar-refractivity contribution is 5.78. The first-order valence-electron chi connectivity index (χ1n) is 5.68. The van der Waals surface area contributed by atoms with E-state index in [0.717, 1.165) is 18.4 Å². The zero-order valence-electron chi connectivity index (χ0n) is 9.44. The summed E-state index contributed by atoms with van der Waals surface area (Å²) in [5.74, 6) is 0.0817. The number of carbonyl (C=O) groups is 1. The van der Waals surface area contributed by atoms with Crippen molar-refractivity contribution in [1.29, 1.82) is 0 Å². The van der Waals surface area contributed by atoms with Crippen LogP contribution in [0, 0.1) is 0 Å². The second-order valence-corrected chi connectivity index (χ2v) is 4.23. The van der Waals surface area contributed by atoms with Crippen LogP contribution in [-0.2, 0) is 4.79 Å². The lowest BCUT2D eigenvalue weighted by atomic mass is 10.1. The Labute approximate surface area is 95.5 Å². The van der Waals surface area contributed by atoms with E-state index in [1.165, 1.54) is 0 Å². The maximum absolute atomic E-state index is 11.4. The predicted octanol–water partition coefficient (Wildman–Crippen LogP) is 1.01. The predicted molar refractivity (Wildman–Crippen MR) is 61.8 cm³/mol. The van der Waals surface area contributed by atoms with Gasteiger partial charge in [-0.15, -0.1) is 0 Å². The van der Waals surface area contributed by atoms with Crippen molar-refractivity contribution in [3.63, 3.8) is 0 Å². The Morgan fingerprint density at radius 2 is 2.44 bits per heavy atom. The molecule has 0 radical (unpaired) electrons. The van der Waals surface area contributed by atoms with Crippen LogP contribution >= 0.6 is 0 Å². The minimum Gasteiger partial charge on any atom is -0.352 e. The Bertz CT molecular complexity index is 349. The van der Waals surface area contributed by atoms with Gasteiger partial charge in [-0.05, 0) is 31.4 Å². The average Bonchev–Trinajstić information content (AvgIpc) is 3.11. The molecule has 16 heavy (non-hydrogen) atoms. The molecule has 1 heterocycles. The number of amides is 1. The number of nitrogens with zero attached hydrogens (tertiary/aromatic N) is 1. The summed E-state index contributed by atoms with van der Waals surface area (Å²) in [4.78, 5) is 15.5. The second-order valence-electron chi connectivity index (χ2n) is 4.23. The smallest absolute Gasteiger partial charge is 0.234 e. The first-order chi connectivity index (χ1) is 7.75. The highest BCUT2D eigenvalue weighted by atomic mass is 16.2. The molecule has 2 rings (SSSR count). The molecule has 0 saturated heterocycles. The number of nitrogens with one attached hydrogen (secondary N) is 2. The summed E-state index contributed by atoms with van der Waals surface area (Å²) in [7, 11) is 0. The summed E-state index contributed by atoms with van der Waals surface area (Å²) >= 11 is 0. The fourth-order valence-electron chi connectivity index (χ4n) is 1.50. The molecule has 4 nitrogen and oxygen atoms in total. The third-order valence-electron chi connectivity index (χ3n) is 2.70. The molecule has 4 heteroatoms. The average molecular weight is 219 g/mol. The Morgan fingerprint density at radius 3 is 3.06 bits per heavy atom. The van der Waals surface area contributed by atoms with Crippen LogP contribution in [-0.4, -0.2) is 23.5 Å². The van der Waals surface area contributed by atoms with Gasteiger partial charge in [-0.3, -0.25) is 9.78 Å². The maximum Gasteiger partial charge on any atom is 0.234 e. The van der Waals surface area contributed by atoms with Gasteiger partial charge in [-0.25, -0.2) is 0 Å². The topological polar surface area (TPSA) is 54.0 Å². The SMILES string of the molecule is C[C@@H](NCC(=O)NC1CC1)c1cccnc1. The van der Waals surface area contributed by atoms with E-state index >= 15 is 0 Å². The molecule has 1 aliphatic rings. The minimum absolute atomic E-state index is 0.0817. The van der Waals surface area contributed by atoms with Crippen LogP contribution in [0.15, 0.2) is 24.5 Å². The van der Waals surface area contributed by atoms with Gasteiger partial charge >= 0.3 is 0 Å². The fraction of sp³-hybridized carbons (Fsp3) is 0.500. The number of rotatable bonds is 5. The monoisotopic (exact) mass is 219 g/mol. The van der Waals surface area contributed by atoms with Crippen LogP contribution in [0.4, 0.5) is 0 Å². The first-order valence-corrected chi connectivity index (χ1v) is 5.68. The first kappa shape index (κ1) is 11.1. The largest absolute Gasteiger partial charge is 0.352 e. The summed E-state index contributed by atoms with van der Waals surface area (Å²) in [6.45, 7) is 2.40. The summed E-state index contributed by atoms with van der Waals surface area (Å²) in [5, 5.41) is 6.12. The molecule has 1 amide bonds. The summed E-state index contributed by atoms with van der Waals surface area (Å²) in [6, 6.07) is 4.49. The normalized spacial score (nSPS) is 16.8. The van der Waals surface area contributed by atoms with Crippen molar-refractivity contribution in [2.24, 2.45) is 0 Å². The van der Waals surface area contributed by atoms with E-state index in [2.05, 4.69) is 15.6 Å². The summed E-state index contributed by atoms with van der Waals surface area (Å²) < 4.78 is 0. The maximum atomic E-state index is 11.4. The lowest BCUT2D eigenvalue weighted by molar-refractivity contribution is -0.120. The van der Waals surface area contributed by atoms with Crippen molar-refractivity contribution < 1.29 is 4.79 Å².